The zero-order valence-corrected chi connectivity index (χ0v) is 10.3. The molecule has 1 aliphatic heterocycles. The summed E-state index contributed by atoms with van der Waals surface area (Å²) in [5, 5.41) is 4.11. The molecule has 2 atom stereocenters. The minimum atomic E-state index is -0.174. The van der Waals surface area contributed by atoms with E-state index in [2.05, 4.69) is 5.16 Å². The average Bonchev–Trinajstić information content (AvgIpc) is 2.84. The van der Waals surface area contributed by atoms with Crippen LogP contribution in [-0.4, -0.2) is 24.7 Å². The van der Waals surface area contributed by atoms with Crippen LogP contribution in [0.25, 0.3) is 0 Å². The van der Waals surface area contributed by atoms with E-state index in [1.165, 1.54) is 0 Å². The Morgan fingerprint density at radius 3 is 2.83 bits per heavy atom. The van der Waals surface area contributed by atoms with Crippen molar-refractivity contribution >= 4 is 11.5 Å². The second-order valence-electron chi connectivity index (χ2n) is 4.69. The van der Waals surface area contributed by atoms with Gasteiger partial charge in [-0.15, -0.1) is 0 Å². The van der Waals surface area contributed by atoms with E-state index < -0.39 is 0 Å². The molecule has 3 rings (SSSR count). The second kappa shape index (κ2) is 4.44. The largest absolute Gasteiger partial charge is 0.497 e. The lowest BCUT2D eigenvalue weighted by Crippen LogP contribution is -2.35. The SMILES string of the molecule is COc1ccc(C2=NO[C@H]3CCCC(=O)[C@@H]23)cc1. The molecule has 0 radical (unpaired) electrons. The fourth-order valence-electron chi connectivity index (χ4n) is 2.62. The summed E-state index contributed by atoms with van der Waals surface area (Å²) in [4.78, 5) is 17.4. The molecule has 0 bridgehead atoms. The van der Waals surface area contributed by atoms with Crippen molar-refractivity contribution in [2.45, 2.75) is 25.4 Å². The fourth-order valence-corrected chi connectivity index (χ4v) is 2.62. The number of benzene rings is 1. The summed E-state index contributed by atoms with van der Waals surface area (Å²) < 4.78 is 5.12. The van der Waals surface area contributed by atoms with Crippen LogP contribution in [0.1, 0.15) is 24.8 Å². The molecule has 1 aliphatic carbocycles. The van der Waals surface area contributed by atoms with E-state index in [1.807, 2.05) is 24.3 Å². The topological polar surface area (TPSA) is 47.9 Å². The van der Waals surface area contributed by atoms with E-state index >= 15 is 0 Å². The highest BCUT2D eigenvalue weighted by atomic mass is 16.6. The maximum atomic E-state index is 12.0. The number of Topliss-reactive ketones (excluding diaryl/α,β-unsaturated/α-hetero) is 1. The molecule has 1 saturated carbocycles. The molecule has 0 spiro atoms. The summed E-state index contributed by atoms with van der Waals surface area (Å²) in [7, 11) is 1.63. The number of fused-ring (bicyclic) bond motifs is 1. The molecule has 94 valence electrons. The fraction of sp³-hybridized carbons (Fsp3) is 0.429. The number of rotatable bonds is 2. The molecule has 0 unspecified atom stereocenters. The maximum Gasteiger partial charge on any atom is 0.145 e. The molecule has 18 heavy (non-hydrogen) atoms. The summed E-state index contributed by atoms with van der Waals surface area (Å²) in [5.74, 6) is 0.871. The van der Waals surface area contributed by atoms with E-state index in [-0.39, 0.29) is 17.8 Å². The summed E-state index contributed by atoms with van der Waals surface area (Å²) in [6.45, 7) is 0. The van der Waals surface area contributed by atoms with Gasteiger partial charge in [-0.1, -0.05) is 5.16 Å². The van der Waals surface area contributed by atoms with Crippen molar-refractivity contribution in [2.24, 2.45) is 11.1 Å². The van der Waals surface area contributed by atoms with E-state index in [0.29, 0.717) is 6.42 Å². The Hall–Kier alpha value is -1.84. The first-order valence-corrected chi connectivity index (χ1v) is 6.20. The molecule has 0 N–H and O–H groups in total. The molecular weight excluding hydrogens is 230 g/mol. The molecule has 0 aromatic heterocycles. The Bertz CT molecular complexity index is 492. The number of hydrogen-bond acceptors (Lipinski definition) is 4. The van der Waals surface area contributed by atoms with Crippen LogP contribution in [0.15, 0.2) is 29.4 Å². The van der Waals surface area contributed by atoms with Gasteiger partial charge in [-0.25, -0.2) is 0 Å². The number of hydrogen-bond donors (Lipinski definition) is 0. The van der Waals surface area contributed by atoms with E-state index in [1.54, 1.807) is 7.11 Å². The quantitative estimate of drug-likeness (QED) is 0.802. The third-order valence-electron chi connectivity index (χ3n) is 3.60. The second-order valence-corrected chi connectivity index (χ2v) is 4.69. The Morgan fingerprint density at radius 2 is 2.11 bits per heavy atom. The standard InChI is InChI=1S/C14H15NO3/c1-17-10-7-5-9(6-8-10)14-13-11(16)3-2-4-12(13)18-15-14/h5-8,12-13H,2-4H2,1H3/t12-,13+/m0/s1. The lowest BCUT2D eigenvalue weighted by Gasteiger charge is -2.22. The highest BCUT2D eigenvalue weighted by Gasteiger charge is 2.42. The van der Waals surface area contributed by atoms with Crippen molar-refractivity contribution in [1.82, 2.24) is 0 Å². The van der Waals surface area contributed by atoms with Gasteiger partial charge in [0.1, 0.15) is 29.3 Å². The van der Waals surface area contributed by atoms with Gasteiger partial charge < -0.3 is 9.57 Å². The Labute approximate surface area is 106 Å². The van der Waals surface area contributed by atoms with E-state index in [9.17, 15) is 4.79 Å². The molecule has 4 nitrogen and oxygen atoms in total. The number of carbonyl (C=O) groups excluding carboxylic acids is 1. The number of carbonyl (C=O) groups is 1. The lowest BCUT2D eigenvalue weighted by atomic mass is 9.80. The van der Waals surface area contributed by atoms with Crippen LogP contribution in [0.4, 0.5) is 0 Å². The van der Waals surface area contributed by atoms with Crippen molar-refractivity contribution in [1.29, 1.82) is 0 Å². The average molecular weight is 245 g/mol. The third-order valence-corrected chi connectivity index (χ3v) is 3.60. The summed E-state index contributed by atoms with van der Waals surface area (Å²) in [5.41, 5.74) is 1.71. The molecule has 0 saturated heterocycles. The van der Waals surface area contributed by atoms with Crippen molar-refractivity contribution in [2.75, 3.05) is 7.11 Å². The van der Waals surface area contributed by atoms with Crippen LogP contribution in [0.5, 0.6) is 5.75 Å². The van der Waals surface area contributed by atoms with Gasteiger partial charge in [0, 0.05) is 12.0 Å². The lowest BCUT2D eigenvalue weighted by molar-refractivity contribution is -0.126. The van der Waals surface area contributed by atoms with Crippen molar-refractivity contribution < 1.29 is 14.4 Å². The van der Waals surface area contributed by atoms with Gasteiger partial charge in [0.15, 0.2) is 0 Å². The maximum absolute atomic E-state index is 12.0. The molecular formula is C14H15NO3. The number of ketones is 1. The molecule has 1 aromatic rings. The van der Waals surface area contributed by atoms with Crippen LogP contribution in [0, 0.1) is 5.92 Å². The molecule has 1 heterocycles. The molecule has 1 fully saturated rings. The van der Waals surface area contributed by atoms with E-state index in [4.69, 9.17) is 9.57 Å². The van der Waals surface area contributed by atoms with Crippen LogP contribution in [-0.2, 0) is 9.63 Å². The van der Waals surface area contributed by atoms with Gasteiger partial charge in [0.2, 0.25) is 0 Å². The Kier molecular flexibility index (Phi) is 2.78. The summed E-state index contributed by atoms with van der Waals surface area (Å²) in [6.07, 6.45) is 2.41. The van der Waals surface area contributed by atoms with Crippen LogP contribution in [0.3, 0.4) is 0 Å². The smallest absolute Gasteiger partial charge is 0.145 e. The number of ether oxygens (including phenoxy) is 1. The first kappa shape index (κ1) is 11.3. The normalized spacial score (nSPS) is 26.3. The first-order valence-electron chi connectivity index (χ1n) is 6.20. The van der Waals surface area contributed by atoms with Gasteiger partial charge in [-0.05, 0) is 37.1 Å². The van der Waals surface area contributed by atoms with Gasteiger partial charge in [0.05, 0.1) is 7.11 Å². The predicted molar refractivity (Wildman–Crippen MR) is 66.8 cm³/mol. The van der Waals surface area contributed by atoms with Crippen molar-refractivity contribution in [3.05, 3.63) is 29.8 Å². The third kappa shape index (κ3) is 1.78. The van der Waals surface area contributed by atoms with Gasteiger partial charge in [-0.2, -0.15) is 0 Å². The zero-order chi connectivity index (χ0) is 12.5. The minimum absolute atomic E-state index is 0.0525. The van der Waals surface area contributed by atoms with Gasteiger partial charge in [-0.3, -0.25) is 4.79 Å². The molecule has 2 aliphatic rings. The summed E-state index contributed by atoms with van der Waals surface area (Å²) >= 11 is 0. The van der Waals surface area contributed by atoms with Crippen molar-refractivity contribution in [3.8, 4) is 5.75 Å². The van der Waals surface area contributed by atoms with Crippen LogP contribution >= 0.6 is 0 Å². The first-order chi connectivity index (χ1) is 8.79. The van der Waals surface area contributed by atoms with Crippen LogP contribution < -0.4 is 4.74 Å². The molecule has 4 heteroatoms. The van der Waals surface area contributed by atoms with Crippen molar-refractivity contribution in [3.63, 3.8) is 0 Å². The molecule has 1 aromatic carbocycles. The predicted octanol–water partition coefficient (Wildman–Crippen LogP) is 2.17. The highest BCUT2D eigenvalue weighted by Crippen LogP contribution is 2.32. The summed E-state index contributed by atoms with van der Waals surface area (Å²) in [6, 6.07) is 7.59. The van der Waals surface area contributed by atoms with Gasteiger partial charge >= 0.3 is 0 Å². The zero-order valence-electron chi connectivity index (χ0n) is 10.3. The monoisotopic (exact) mass is 245 g/mol. The Morgan fingerprint density at radius 1 is 1.33 bits per heavy atom. The van der Waals surface area contributed by atoms with Crippen LogP contribution in [0.2, 0.25) is 0 Å². The minimum Gasteiger partial charge on any atom is -0.497 e. The number of oxime groups is 1. The van der Waals surface area contributed by atoms with Gasteiger partial charge in [0.25, 0.3) is 0 Å². The number of methoxy groups -OCH3 is 1. The molecule has 0 amide bonds. The number of nitrogens with zero attached hydrogens (tertiary/aromatic N) is 1. The van der Waals surface area contributed by atoms with E-state index in [0.717, 1.165) is 29.9 Å². The Balaban J connectivity index is 1.89. The highest BCUT2D eigenvalue weighted by molar-refractivity contribution is 6.14.